The van der Waals surface area contributed by atoms with Crippen LogP contribution < -0.4 is 5.32 Å². The van der Waals surface area contributed by atoms with Crippen molar-refractivity contribution in [2.24, 2.45) is 5.92 Å². The molecule has 1 aromatic rings. The monoisotopic (exact) mass is 369 g/mol. The molecule has 0 bridgehead atoms. The molecular weight excluding hydrogens is 342 g/mol. The van der Waals surface area contributed by atoms with Crippen LogP contribution in [0.2, 0.25) is 0 Å². The number of anilines is 1. The smallest absolute Gasteiger partial charge is 0.229 e. The number of carbonyl (C=O) groups is 3. The van der Waals surface area contributed by atoms with Gasteiger partial charge in [0, 0.05) is 44.2 Å². The minimum Gasteiger partial charge on any atom is -0.339 e. The predicted octanol–water partition coefficient (Wildman–Crippen LogP) is 2.54. The topological polar surface area (TPSA) is 69.7 Å². The first kappa shape index (κ1) is 18.0. The molecular formula is C21H27N3O3. The van der Waals surface area contributed by atoms with Gasteiger partial charge in [-0.25, -0.2) is 0 Å². The van der Waals surface area contributed by atoms with Gasteiger partial charge in [-0.2, -0.15) is 0 Å². The lowest BCUT2D eigenvalue weighted by atomic mass is 10.1. The Bertz CT molecular complexity index is 742. The second kappa shape index (κ2) is 7.71. The molecule has 1 saturated carbocycles. The van der Waals surface area contributed by atoms with E-state index in [9.17, 15) is 14.4 Å². The highest BCUT2D eigenvalue weighted by Crippen LogP contribution is 2.30. The van der Waals surface area contributed by atoms with Crippen molar-refractivity contribution >= 4 is 23.4 Å². The van der Waals surface area contributed by atoms with Gasteiger partial charge in [-0.15, -0.1) is 0 Å². The van der Waals surface area contributed by atoms with Gasteiger partial charge in [0.05, 0.1) is 5.92 Å². The van der Waals surface area contributed by atoms with Crippen LogP contribution in [-0.4, -0.2) is 46.7 Å². The number of hydrogen-bond donors (Lipinski definition) is 1. The number of rotatable bonds is 5. The van der Waals surface area contributed by atoms with Gasteiger partial charge >= 0.3 is 0 Å². The average Bonchev–Trinajstić information content (AvgIpc) is 3.37. The molecule has 27 heavy (non-hydrogen) atoms. The Morgan fingerprint density at radius 3 is 2.67 bits per heavy atom. The van der Waals surface area contributed by atoms with E-state index in [1.54, 1.807) is 0 Å². The van der Waals surface area contributed by atoms with Crippen molar-refractivity contribution in [3.8, 4) is 0 Å². The molecule has 4 rings (SSSR count). The van der Waals surface area contributed by atoms with Gasteiger partial charge in [-0.05, 0) is 37.0 Å². The maximum atomic E-state index is 12.7. The molecule has 0 spiro atoms. The first-order chi connectivity index (χ1) is 13.1. The standard InChI is InChI=1S/C21H27N3O3/c25-19-9-4-10-23(19)13-15-5-3-6-17(11-15)22-21(27)16-12-20(26)24(14-16)18-7-1-2-8-18/h3,5-6,11,16,18H,1-2,4,7-10,12-14H2,(H,22,27). The van der Waals surface area contributed by atoms with Crippen molar-refractivity contribution in [3.05, 3.63) is 29.8 Å². The van der Waals surface area contributed by atoms with Crippen LogP contribution in [0, 0.1) is 5.92 Å². The number of amides is 3. The molecule has 1 aromatic carbocycles. The molecule has 6 heteroatoms. The molecule has 2 aliphatic heterocycles. The Kier molecular flexibility index (Phi) is 5.14. The van der Waals surface area contributed by atoms with Gasteiger partial charge in [0.25, 0.3) is 0 Å². The molecule has 1 unspecified atom stereocenters. The number of hydrogen-bond acceptors (Lipinski definition) is 3. The van der Waals surface area contributed by atoms with Crippen LogP contribution >= 0.6 is 0 Å². The third-order valence-electron chi connectivity index (χ3n) is 6.03. The quantitative estimate of drug-likeness (QED) is 0.867. The second-order valence-corrected chi connectivity index (χ2v) is 7.99. The van der Waals surface area contributed by atoms with E-state index in [1.165, 1.54) is 12.8 Å². The van der Waals surface area contributed by atoms with E-state index in [-0.39, 0.29) is 23.6 Å². The molecule has 3 aliphatic rings. The van der Waals surface area contributed by atoms with Crippen molar-refractivity contribution < 1.29 is 14.4 Å². The van der Waals surface area contributed by atoms with Gasteiger partial charge in [0.15, 0.2) is 0 Å². The van der Waals surface area contributed by atoms with Crippen LogP contribution in [0.25, 0.3) is 0 Å². The van der Waals surface area contributed by atoms with Crippen LogP contribution in [0.4, 0.5) is 5.69 Å². The number of carbonyl (C=O) groups excluding carboxylic acids is 3. The summed E-state index contributed by atoms with van der Waals surface area (Å²) in [6.45, 7) is 1.92. The summed E-state index contributed by atoms with van der Waals surface area (Å²) in [5, 5.41) is 2.97. The van der Waals surface area contributed by atoms with Gasteiger partial charge in [-0.3, -0.25) is 14.4 Å². The second-order valence-electron chi connectivity index (χ2n) is 7.99. The Balaban J connectivity index is 1.36. The average molecular weight is 369 g/mol. The third kappa shape index (κ3) is 3.99. The van der Waals surface area contributed by atoms with E-state index < -0.39 is 0 Å². The minimum absolute atomic E-state index is 0.0850. The zero-order valence-corrected chi connectivity index (χ0v) is 15.7. The molecule has 0 radical (unpaired) electrons. The summed E-state index contributed by atoms with van der Waals surface area (Å²) in [5.41, 5.74) is 1.74. The van der Waals surface area contributed by atoms with Crippen molar-refractivity contribution in [2.75, 3.05) is 18.4 Å². The highest BCUT2D eigenvalue weighted by atomic mass is 16.2. The zero-order valence-electron chi connectivity index (χ0n) is 15.7. The Morgan fingerprint density at radius 1 is 1.11 bits per heavy atom. The van der Waals surface area contributed by atoms with E-state index in [0.29, 0.717) is 32.0 Å². The summed E-state index contributed by atoms with van der Waals surface area (Å²) < 4.78 is 0. The van der Waals surface area contributed by atoms with Crippen molar-refractivity contribution in [3.63, 3.8) is 0 Å². The fourth-order valence-corrected chi connectivity index (χ4v) is 4.56. The van der Waals surface area contributed by atoms with E-state index in [4.69, 9.17) is 0 Å². The fraction of sp³-hybridized carbons (Fsp3) is 0.571. The van der Waals surface area contributed by atoms with E-state index in [2.05, 4.69) is 5.32 Å². The zero-order chi connectivity index (χ0) is 18.8. The van der Waals surface area contributed by atoms with E-state index in [1.807, 2.05) is 34.1 Å². The Hall–Kier alpha value is -2.37. The molecule has 1 atom stereocenters. The summed E-state index contributed by atoms with van der Waals surface area (Å²) in [6, 6.07) is 7.99. The predicted molar refractivity (Wildman–Crippen MR) is 102 cm³/mol. The molecule has 1 N–H and O–H groups in total. The minimum atomic E-state index is -0.276. The van der Waals surface area contributed by atoms with Gasteiger partial charge < -0.3 is 15.1 Å². The van der Waals surface area contributed by atoms with Crippen LogP contribution in [0.1, 0.15) is 50.5 Å². The highest BCUT2D eigenvalue weighted by molar-refractivity contribution is 5.97. The first-order valence-electron chi connectivity index (χ1n) is 10.1. The van der Waals surface area contributed by atoms with E-state index in [0.717, 1.165) is 37.1 Å². The Morgan fingerprint density at radius 2 is 1.93 bits per heavy atom. The third-order valence-corrected chi connectivity index (χ3v) is 6.03. The lowest BCUT2D eigenvalue weighted by Gasteiger charge is -2.23. The summed E-state index contributed by atoms with van der Waals surface area (Å²) in [7, 11) is 0. The van der Waals surface area contributed by atoms with Crippen LogP contribution in [0.15, 0.2) is 24.3 Å². The van der Waals surface area contributed by atoms with Gasteiger partial charge in [0.2, 0.25) is 17.7 Å². The van der Waals surface area contributed by atoms with Gasteiger partial charge in [-0.1, -0.05) is 25.0 Å². The molecule has 3 amide bonds. The number of nitrogens with one attached hydrogen (secondary N) is 1. The largest absolute Gasteiger partial charge is 0.339 e. The van der Waals surface area contributed by atoms with Crippen LogP contribution in [0.5, 0.6) is 0 Å². The van der Waals surface area contributed by atoms with Crippen molar-refractivity contribution in [1.29, 1.82) is 0 Å². The molecule has 2 saturated heterocycles. The van der Waals surface area contributed by atoms with Crippen LogP contribution in [0.3, 0.4) is 0 Å². The SMILES string of the molecule is O=C(Nc1cccc(CN2CCCC2=O)c1)C1CC(=O)N(C2CCCC2)C1. The lowest BCUT2D eigenvalue weighted by molar-refractivity contribution is -0.130. The summed E-state index contributed by atoms with van der Waals surface area (Å²) in [5.74, 6) is -0.0515. The number of nitrogens with zero attached hydrogens (tertiary/aromatic N) is 2. The summed E-state index contributed by atoms with van der Waals surface area (Å²) in [6.07, 6.45) is 6.35. The van der Waals surface area contributed by atoms with Crippen molar-refractivity contribution in [1.82, 2.24) is 9.80 Å². The molecule has 0 aromatic heterocycles. The summed E-state index contributed by atoms with van der Waals surface area (Å²) >= 11 is 0. The molecule has 2 heterocycles. The molecule has 3 fully saturated rings. The molecule has 144 valence electrons. The van der Waals surface area contributed by atoms with Crippen LogP contribution in [-0.2, 0) is 20.9 Å². The maximum Gasteiger partial charge on any atom is 0.229 e. The molecule has 1 aliphatic carbocycles. The fourth-order valence-electron chi connectivity index (χ4n) is 4.56. The van der Waals surface area contributed by atoms with Gasteiger partial charge in [0.1, 0.15) is 0 Å². The normalized spacial score (nSPS) is 23.5. The molecule has 6 nitrogen and oxygen atoms in total. The van der Waals surface area contributed by atoms with E-state index >= 15 is 0 Å². The Labute approximate surface area is 159 Å². The lowest BCUT2D eigenvalue weighted by Crippen LogP contribution is -2.35. The maximum absolute atomic E-state index is 12.7. The first-order valence-corrected chi connectivity index (χ1v) is 10.1. The highest BCUT2D eigenvalue weighted by Gasteiger charge is 2.38. The number of likely N-dealkylation sites (tertiary alicyclic amines) is 2. The van der Waals surface area contributed by atoms with Crippen molar-refractivity contribution in [2.45, 2.75) is 57.5 Å². The number of benzene rings is 1. The summed E-state index contributed by atoms with van der Waals surface area (Å²) in [4.78, 5) is 40.6.